The van der Waals surface area contributed by atoms with Crippen molar-refractivity contribution in [3.05, 3.63) is 0 Å². The third-order valence-electron chi connectivity index (χ3n) is 4.46. The molecule has 2 rings (SSSR count). The largest absolute Gasteiger partial charge is 0.298 e. The van der Waals surface area contributed by atoms with Gasteiger partial charge in [0.1, 0.15) is 0 Å². The summed E-state index contributed by atoms with van der Waals surface area (Å²) >= 11 is 7.11. The number of hydrogen-bond acceptors (Lipinski definition) is 1. The van der Waals surface area contributed by atoms with Gasteiger partial charge in [0.05, 0.1) is 4.83 Å². The average molecular weight is 310 g/mol. The third kappa shape index (κ3) is 0.956. The van der Waals surface area contributed by atoms with Crippen molar-refractivity contribution >= 4 is 37.6 Å². The molecular weight excluding hydrogens is 296 g/mol. The predicted octanol–water partition coefficient (Wildman–Crippen LogP) is 3.15. The summed E-state index contributed by atoms with van der Waals surface area (Å²) in [6.45, 7) is 4.39. The van der Waals surface area contributed by atoms with Crippen molar-refractivity contribution in [2.24, 2.45) is 16.7 Å². The van der Waals surface area contributed by atoms with E-state index in [4.69, 9.17) is 0 Å². The van der Waals surface area contributed by atoms with E-state index >= 15 is 0 Å². The Kier molecular flexibility index (Phi) is 2.20. The number of Topliss-reactive ketones (excluding diaryl/α,β-unsaturated/α-hetero) is 1. The minimum Gasteiger partial charge on any atom is -0.298 e. The van der Waals surface area contributed by atoms with Gasteiger partial charge in [-0.25, -0.2) is 0 Å². The van der Waals surface area contributed by atoms with E-state index in [0.29, 0.717) is 11.7 Å². The Labute approximate surface area is 95.9 Å². The lowest BCUT2D eigenvalue weighted by Gasteiger charge is -2.34. The maximum atomic E-state index is 12.0. The molecule has 0 radical (unpaired) electrons. The normalized spacial score (nSPS) is 54.6. The molecule has 74 valence electrons. The van der Waals surface area contributed by atoms with Crippen LogP contribution in [-0.2, 0) is 4.79 Å². The van der Waals surface area contributed by atoms with Crippen LogP contribution in [0, 0.1) is 16.7 Å². The number of fused-ring (bicyclic) bond motifs is 2. The van der Waals surface area contributed by atoms with Gasteiger partial charge in [0.15, 0.2) is 5.78 Å². The van der Waals surface area contributed by atoms with Crippen LogP contribution in [-0.4, -0.2) is 15.9 Å². The first-order chi connectivity index (χ1) is 5.97. The summed E-state index contributed by atoms with van der Waals surface area (Å²) in [5, 5.41) is 0.939. The fourth-order valence-electron chi connectivity index (χ4n) is 3.07. The quantitative estimate of drug-likeness (QED) is 0.680. The van der Waals surface area contributed by atoms with E-state index in [-0.39, 0.29) is 15.7 Å². The van der Waals surface area contributed by atoms with Gasteiger partial charge >= 0.3 is 0 Å². The Morgan fingerprint density at radius 1 is 1.54 bits per heavy atom. The van der Waals surface area contributed by atoms with E-state index < -0.39 is 0 Å². The fraction of sp³-hybridized carbons (Fsp3) is 0.900. The number of alkyl halides is 2. The Morgan fingerprint density at radius 3 is 2.46 bits per heavy atom. The monoisotopic (exact) mass is 308 g/mol. The zero-order valence-corrected chi connectivity index (χ0v) is 11.1. The molecule has 13 heavy (non-hydrogen) atoms. The molecule has 2 bridgehead atoms. The van der Waals surface area contributed by atoms with Crippen LogP contribution in [0.25, 0.3) is 0 Å². The van der Waals surface area contributed by atoms with Crippen LogP contribution in [0.4, 0.5) is 0 Å². The van der Waals surface area contributed by atoms with E-state index in [0.717, 1.165) is 11.8 Å². The van der Waals surface area contributed by atoms with Crippen molar-refractivity contribution in [2.75, 3.05) is 5.33 Å². The fourth-order valence-corrected chi connectivity index (χ4v) is 5.45. The van der Waals surface area contributed by atoms with Gasteiger partial charge in [0, 0.05) is 10.7 Å². The molecule has 0 heterocycles. The maximum absolute atomic E-state index is 12.0. The molecule has 3 heteroatoms. The van der Waals surface area contributed by atoms with Crippen molar-refractivity contribution in [3.8, 4) is 0 Å². The van der Waals surface area contributed by atoms with E-state index in [1.807, 2.05) is 0 Å². The van der Waals surface area contributed by atoms with E-state index in [9.17, 15) is 4.79 Å². The van der Waals surface area contributed by atoms with Crippen LogP contribution in [0.5, 0.6) is 0 Å². The Balaban J connectivity index is 2.49. The molecular formula is C10H14Br2O. The zero-order valence-electron chi connectivity index (χ0n) is 7.94. The lowest BCUT2D eigenvalue weighted by Crippen LogP contribution is -2.36. The van der Waals surface area contributed by atoms with Gasteiger partial charge in [-0.3, -0.25) is 4.79 Å². The predicted molar refractivity (Wildman–Crippen MR) is 60.5 cm³/mol. The van der Waals surface area contributed by atoms with Gasteiger partial charge < -0.3 is 0 Å². The summed E-state index contributed by atoms with van der Waals surface area (Å²) in [6.07, 6.45) is 2.26. The topological polar surface area (TPSA) is 17.1 Å². The highest BCUT2D eigenvalue weighted by Crippen LogP contribution is 2.65. The van der Waals surface area contributed by atoms with Gasteiger partial charge in [-0.1, -0.05) is 45.7 Å². The molecule has 0 aromatic rings. The first kappa shape index (κ1) is 10.2. The molecule has 1 nitrogen and oxygen atoms in total. The van der Waals surface area contributed by atoms with Crippen molar-refractivity contribution in [1.82, 2.24) is 0 Å². The van der Waals surface area contributed by atoms with Gasteiger partial charge in [-0.2, -0.15) is 0 Å². The van der Waals surface area contributed by atoms with Crippen LogP contribution in [0.3, 0.4) is 0 Å². The second kappa shape index (κ2) is 2.82. The summed E-state index contributed by atoms with van der Waals surface area (Å²) in [6, 6.07) is 0. The third-order valence-corrected chi connectivity index (χ3v) is 6.68. The minimum atomic E-state index is -0.0880. The first-order valence-electron chi connectivity index (χ1n) is 4.72. The number of carbonyl (C=O) groups excluding carboxylic acids is 1. The lowest BCUT2D eigenvalue weighted by atomic mass is 9.70. The molecule has 2 saturated carbocycles. The number of carbonyl (C=O) groups is 1. The molecule has 0 N–H and O–H groups in total. The van der Waals surface area contributed by atoms with Gasteiger partial charge in [0.25, 0.3) is 0 Å². The van der Waals surface area contributed by atoms with E-state index in [1.54, 1.807) is 0 Å². The molecule has 0 aromatic carbocycles. The van der Waals surface area contributed by atoms with Crippen molar-refractivity contribution in [1.29, 1.82) is 0 Å². The van der Waals surface area contributed by atoms with Crippen molar-refractivity contribution < 1.29 is 4.79 Å². The van der Waals surface area contributed by atoms with Gasteiger partial charge in [-0.15, -0.1) is 0 Å². The number of rotatable bonds is 1. The standard InChI is InChI=1S/C10H14Br2O/c1-9-4-3-6(7(12)8(9)13)10(9,2)5-11/h6-7H,3-5H2,1-2H3/t6-,7-,9+,10+/m1/s1. The smallest absolute Gasteiger partial charge is 0.153 e. The second-order valence-corrected chi connectivity index (χ2v) is 6.34. The summed E-state index contributed by atoms with van der Waals surface area (Å²) in [7, 11) is 0. The molecule has 0 spiro atoms. The summed E-state index contributed by atoms with van der Waals surface area (Å²) in [5.74, 6) is 0.954. The van der Waals surface area contributed by atoms with Gasteiger partial charge in [0.2, 0.25) is 0 Å². The summed E-state index contributed by atoms with van der Waals surface area (Å²) < 4.78 is 0. The summed E-state index contributed by atoms with van der Waals surface area (Å²) in [5.41, 5.74) is 0.0770. The molecule has 0 unspecified atom stereocenters. The summed E-state index contributed by atoms with van der Waals surface area (Å²) in [4.78, 5) is 12.1. The molecule has 2 aliphatic rings. The molecule has 2 aliphatic carbocycles. The maximum Gasteiger partial charge on any atom is 0.153 e. The lowest BCUT2D eigenvalue weighted by molar-refractivity contribution is -0.127. The molecule has 2 fully saturated rings. The van der Waals surface area contributed by atoms with E-state index in [2.05, 4.69) is 45.7 Å². The SMILES string of the molecule is C[C@]12CC[C@H]([C@@H](Br)C1=O)[C@]2(C)CBr. The van der Waals surface area contributed by atoms with Crippen LogP contribution in [0.2, 0.25) is 0 Å². The van der Waals surface area contributed by atoms with Crippen LogP contribution in [0.15, 0.2) is 0 Å². The Hall–Kier alpha value is 0.630. The second-order valence-electron chi connectivity index (χ2n) is 4.79. The highest BCUT2D eigenvalue weighted by Gasteiger charge is 2.67. The van der Waals surface area contributed by atoms with Crippen molar-refractivity contribution in [2.45, 2.75) is 31.5 Å². The number of halogens is 2. The molecule has 0 aliphatic heterocycles. The van der Waals surface area contributed by atoms with Crippen LogP contribution >= 0.6 is 31.9 Å². The first-order valence-corrected chi connectivity index (χ1v) is 6.75. The highest BCUT2D eigenvalue weighted by atomic mass is 79.9. The van der Waals surface area contributed by atoms with E-state index in [1.165, 1.54) is 6.42 Å². The molecule has 0 saturated heterocycles. The Bertz CT molecular complexity index is 266. The van der Waals surface area contributed by atoms with Crippen molar-refractivity contribution in [3.63, 3.8) is 0 Å². The van der Waals surface area contributed by atoms with Crippen LogP contribution < -0.4 is 0 Å². The number of ketones is 1. The Morgan fingerprint density at radius 2 is 2.15 bits per heavy atom. The molecule has 0 amide bonds. The van der Waals surface area contributed by atoms with Gasteiger partial charge in [-0.05, 0) is 24.2 Å². The number of hydrogen-bond donors (Lipinski definition) is 0. The molecule has 4 atom stereocenters. The van der Waals surface area contributed by atoms with Crippen LogP contribution in [0.1, 0.15) is 26.7 Å². The molecule has 0 aromatic heterocycles. The zero-order chi connectivity index (χ0) is 9.85. The highest BCUT2D eigenvalue weighted by molar-refractivity contribution is 9.10. The average Bonchev–Trinajstić information content (AvgIpc) is 2.44. The minimum absolute atomic E-state index is 0.0880.